The second-order valence-electron chi connectivity index (χ2n) is 7.66. The Morgan fingerprint density at radius 1 is 1.03 bits per heavy atom. The number of carbonyl (C=O) groups excluding carboxylic acids is 2. The number of hydrogen-bond donors (Lipinski definition) is 0. The lowest BCUT2D eigenvalue weighted by Gasteiger charge is -2.33. The molecule has 1 atom stereocenters. The van der Waals surface area contributed by atoms with Crippen molar-refractivity contribution >= 4 is 23.1 Å². The number of halogens is 2. The Hall–Kier alpha value is -3.22. The van der Waals surface area contributed by atoms with Crippen molar-refractivity contribution in [3.05, 3.63) is 65.4 Å². The van der Waals surface area contributed by atoms with Crippen LogP contribution in [0.15, 0.2) is 48.2 Å². The molecule has 0 aliphatic carbocycles. The first-order valence-electron chi connectivity index (χ1n) is 9.88. The van der Waals surface area contributed by atoms with Crippen molar-refractivity contribution < 1.29 is 23.1 Å². The maximum Gasteiger partial charge on any atom is 0.282 e. The van der Waals surface area contributed by atoms with E-state index in [4.69, 9.17) is 4.74 Å². The van der Waals surface area contributed by atoms with E-state index in [1.807, 2.05) is 4.90 Å². The third-order valence-electron chi connectivity index (χ3n) is 5.57. The predicted molar refractivity (Wildman–Crippen MR) is 109 cm³/mol. The Balaban J connectivity index is 1.87. The van der Waals surface area contributed by atoms with Gasteiger partial charge in [-0.25, -0.2) is 13.7 Å². The first-order chi connectivity index (χ1) is 14.4. The van der Waals surface area contributed by atoms with Gasteiger partial charge in [0.2, 0.25) is 0 Å². The van der Waals surface area contributed by atoms with Crippen molar-refractivity contribution in [3.63, 3.8) is 0 Å². The van der Waals surface area contributed by atoms with E-state index in [0.717, 1.165) is 29.9 Å². The molecule has 4 rings (SSSR count). The van der Waals surface area contributed by atoms with Gasteiger partial charge in [-0.15, -0.1) is 0 Å². The number of amides is 2. The number of methoxy groups -OCH3 is 1. The summed E-state index contributed by atoms with van der Waals surface area (Å²) in [5.74, 6) is -2.45. The van der Waals surface area contributed by atoms with E-state index in [9.17, 15) is 18.4 Å². The molecule has 2 amide bonds. The molecule has 5 nitrogen and oxygen atoms in total. The average Bonchev–Trinajstić information content (AvgIpc) is 3.00. The third-order valence-corrected chi connectivity index (χ3v) is 5.57. The van der Waals surface area contributed by atoms with Crippen LogP contribution >= 0.6 is 0 Å². The molecule has 2 aliphatic rings. The fourth-order valence-corrected chi connectivity index (χ4v) is 4.16. The van der Waals surface area contributed by atoms with Gasteiger partial charge >= 0.3 is 0 Å². The molecule has 2 heterocycles. The summed E-state index contributed by atoms with van der Waals surface area (Å²) in [6.07, 6.45) is 1.94. The summed E-state index contributed by atoms with van der Waals surface area (Å²) in [6.45, 7) is 3.38. The fourth-order valence-electron chi connectivity index (χ4n) is 4.16. The number of likely N-dealkylation sites (tertiary alicyclic amines) is 1. The summed E-state index contributed by atoms with van der Waals surface area (Å²) in [7, 11) is 1.50. The number of hydrogen-bond acceptors (Lipinski definition) is 4. The largest absolute Gasteiger partial charge is 0.496 e. The molecule has 156 valence electrons. The number of piperidine rings is 1. The number of rotatable bonds is 4. The Bertz CT molecular complexity index is 1050. The molecule has 2 aromatic rings. The third kappa shape index (κ3) is 3.34. The molecule has 2 aromatic carbocycles. The maximum atomic E-state index is 13.9. The summed E-state index contributed by atoms with van der Waals surface area (Å²) >= 11 is 0. The fraction of sp³-hybridized carbons (Fsp3) is 0.304. The van der Waals surface area contributed by atoms with Crippen LogP contribution in [0, 0.1) is 17.6 Å². The van der Waals surface area contributed by atoms with E-state index in [2.05, 4.69) is 6.92 Å². The minimum Gasteiger partial charge on any atom is -0.496 e. The number of carbonyl (C=O) groups is 2. The molecule has 0 aromatic heterocycles. The molecule has 0 saturated carbocycles. The number of anilines is 1. The molecule has 7 heteroatoms. The summed E-state index contributed by atoms with van der Waals surface area (Å²) in [5.41, 5.74) is 0.991. The van der Waals surface area contributed by atoms with Crippen LogP contribution < -0.4 is 9.64 Å². The molecule has 1 unspecified atom stereocenters. The van der Waals surface area contributed by atoms with Crippen LogP contribution in [0.2, 0.25) is 0 Å². The second kappa shape index (κ2) is 7.89. The van der Waals surface area contributed by atoms with E-state index in [0.29, 0.717) is 30.3 Å². The molecule has 30 heavy (non-hydrogen) atoms. The number of imide groups is 1. The van der Waals surface area contributed by atoms with Crippen molar-refractivity contribution in [2.45, 2.75) is 19.8 Å². The van der Waals surface area contributed by atoms with E-state index in [-0.39, 0.29) is 17.0 Å². The van der Waals surface area contributed by atoms with Crippen molar-refractivity contribution in [2.24, 2.45) is 5.92 Å². The van der Waals surface area contributed by atoms with Gasteiger partial charge in [-0.05, 0) is 37.0 Å². The average molecular weight is 412 g/mol. The van der Waals surface area contributed by atoms with Crippen LogP contribution in [0.5, 0.6) is 5.75 Å². The van der Waals surface area contributed by atoms with Crippen molar-refractivity contribution in [2.75, 3.05) is 25.1 Å². The zero-order valence-corrected chi connectivity index (χ0v) is 16.8. The molecule has 0 spiro atoms. The number of ether oxygens (including phenoxy) is 1. The molecule has 1 saturated heterocycles. The second-order valence-corrected chi connectivity index (χ2v) is 7.66. The van der Waals surface area contributed by atoms with E-state index >= 15 is 0 Å². The summed E-state index contributed by atoms with van der Waals surface area (Å²) < 4.78 is 32.7. The first-order valence-corrected chi connectivity index (χ1v) is 9.88. The highest BCUT2D eigenvalue weighted by Crippen LogP contribution is 2.39. The molecule has 0 bridgehead atoms. The molecule has 0 N–H and O–H groups in total. The van der Waals surface area contributed by atoms with Crippen LogP contribution in [0.1, 0.15) is 25.3 Å². The van der Waals surface area contributed by atoms with Gasteiger partial charge < -0.3 is 9.64 Å². The van der Waals surface area contributed by atoms with Crippen molar-refractivity contribution in [3.8, 4) is 5.75 Å². The zero-order chi connectivity index (χ0) is 21.4. The van der Waals surface area contributed by atoms with Crippen LogP contribution in [0.25, 0.3) is 5.57 Å². The molecular formula is C23H22F2N2O3. The lowest BCUT2D eigenvalue weighted by molar-refractivity contribution is -0.120. The quantitative estimate of drug-likeness (QED) is 0.713. The lowest BCUT2D eigenvalue weighted by Crippen LogP contribution is -2.39. The van der Waals surface area contributed by atoms with E-state index in [1.54, 1.807) is 24.3 Å². The van der Waals surface area contributed by atoms with Crippen LogP contribution in [-0.2, 0) is 9.59 Å². The van der Waals surface area contributed by atoms with Gasteiger partial charge in [0, 0.05) is 24.7 Å². The molecule has 0 radical (unpaired) electrons. The Kier molecular flexibility index (Phi) is 5.28. The maximum absolute atomic E-state index is 13.9. The topological polar surface area (TPSA) is 49.9 Å². The molecule has 2 aliphatic heterocycles. The summed E-state index contributed by atoms with van der Waals surface area (Å²) in [5, 5.41) is 0. The van der Waals surface area contributed by atoms with Gasteiger partial charge in [0.25, 0.3) is 11.8 Å². The summed E-state index contributed by atoms with van der Waals surface area (Å²) in [4.78, 5) is 29.8. The predicted octanol–water partition coefficient (Wildman–Crippen LogP) is 3.99. The Labute approximate surface area is 173 Å². The number of para-hydroxylation sites is 1. The van der Waals surface area contributed by atoms with E-state index in [1.165, 1.54) is 13.2 Å². The van der Waals surface area contributed by atoms with E-state index < -0.39 is 23.4 Å². The highest BCUT2D eigenvalue weighted by atomic mass is 19.2. The molecule has 1 fully saturated rings. The normalized spacial score (nSPS) is 19.7. The first kappa shape index (κ1) is 20.1. The Morgan fingerprint density at radius 3 is 2.50 bits per heavy atom. The minimum absolute atomic E-state index is 0.00337. The minimum atomic E-state index is -1.12. The van der Waals surface area contributed by atoms with Crippen molar-refractivity contribution in [1.82, 2.24) is 4.90 Å². The SMILES string of the molecule is COc1ccccc1C1=C(N2CCCC(C)C2)C(=O)N(c2ccc(F)c(F)c2)C1=O. The summed E-state index contributed by atoms with van der Waals surface area (Å²) in [6, 6.07) is 9.99. The van der Waals surface area contributed by atoms with Gasteiger partial charge in [0.1, 0.15) is 11.4 Å². The Morgan fingerprint density at radius 2 is 1.80 bits per heavy atom. The lowest BCUT2D eigenvalue weighted by atomic mass is 9.97. The van der Waals surface area contributed by atoms with Gasteiger partial charge in [-0.2, -0.15) is 0 Å². The smallest absolute Gasteiger partial charge is 0.282 e. The monoisotopic (exact) mass is 412 g/mol. The van der Waals surface area contributed by atoms with Crippen molar-refractivity contribution in [1.29, 1.82) is 0 Å². The van der Waals surface area contributed by atoms with Crippen LogP contribution in [0.4, 0.5) is 14.5 Å². The number of nitrogens with zero attached hydrogens (tertiary/aromatic N) is 2. The standard InChI is InChI=1S/C23H22F2N2O3/c1-14-6-5-11-26(13-14)21-20(16-7-3-4-8-19(16)30-2)22(28)27(23(21)29)15-9-10-17(24)18(25)12-15/h3-4,7-10,12,14H,5-6,11,13H2,1-2H3. The molecular weight excluding hydrogens is 390 g/mol. The highest BCUT2D eigenvalue weighted by molar-refractivity contribution is 6.45. The van der Waals surface area contributed by atoms with Crippen LogP contribution in [0.3, 0.4) is 0 Å². The zero-order valence-electron chi connectivity index (χ0n) is 16.8. The van der Waals surface area contributed by atoms with Gasteiger partial charge in [0.15, 0.2) is 11.6 Å². The van der Waals surface area contributed by atoms with Gasteiger partial charge in [0.05, 0.1) is 18.4 Å². The number of benzene rings is 2. The van der Waals surface area contributed by atoms with Crippen LogP contribution in [-0.4, -0.2) is 36.9 Å². The van der Waals surface area contributed by atoms with Gasteiger partial charge in [-0.3, -0.25) is 9.59 Å². The van der Waals surface area contributed by atoms with Gasteiger partial charge in [-0.1, -0.05) is 25.1 Å². The highest BCUT2D eigenvalue weighted by Gasteiger charge is 2.44.